The van der Waals surface area contributed by atoms with E-state index in [-0.39, 0.29) is 23.8 Å². The van der Waals surface area contributed by atoms with Crippen molar-refractivity contribution in [3.05, 3.63) is 105 Å². The highest BCUT2D eigenvalue weighted by Gasteiger charge is 2.24. The number of carboxylic acids is 1. The molecule has 166 valence electrons. The summed E-state index contributed by atoms with van der Waals surface area (Å²) in [5, 5.41) is 13.1. The smallest absolute Gasteiger partial charge is 0.335 e. The van der Waals surface area contributed by atoms with E-state index in [1.165, 1.54) is 0 Å². The molecule has 1 aliphatic rings. The zero-order valence-corrected chi connectivity index (χ0v) is 17.9. The zero-order chi connectivity index (χ0) is 22.8. The van der Waals surface area contributed by atoms with Crippen LogP contribution in [0.2, 0.25) is 0 Å². The van der Waals surface area contributed by atoms with Crippen LogP contribution in [-0.2, 0) is 24.4 Å². The van der Waals surface area contributed by atoms with E-state index in [4.69, 9.17) is 9.84 Å². The quantitative estimate of drug-likeness (QED) is 0.392. The van der Waals surface area contributed by atoms with Crippen molar-refractivity contribution in [1.29, 1.82) is 0 Å². The van der Waals surface area contributed by atoms with Crippen molar-refractivity contribution in [2.45, 2.75) is 32.1 Å². The number of aromatic amines is 1. The van der Waals surface area contributed by atoms with Gasteiger partial charge in [-0.15, -0.1) is 0 Å². The Morgan fingerprint density at radius 3 is 2.64 bits per heavy atom. The first-order valence-electron chi connectivity index (χ1n) is 10.8. The summed E-state index contributed by atoms with van der Waals surface area (Å²) in [6.07, 6.45) is 1.77. The van der Waals surface area contributed by atoms with Gasteiger partial charge in [0.15, 0.2) is 0 Å². The number of rotatable bonds is 7. The molecule has 1 aliphatic carbocycles. The molecule has 7 heteroatoms. The Kier molecular flexibility index (Phi) is 5.62. The third-order valence-corrected chi connectivity index (χ3v) is 5.92. The minimum absolute atomic E-state index is 0.0494. The number of ether oxygens (including phenoxy) is 1. The minimum Gasteiger partial charge on any atom is -0.478 e. The van der Waals surface area contributed by atoms with Gasteiger partial charge in [-0.2, -0.15) is 0 Å². The van der Waals surface area contributed by atoms with Crippen molar-refractivity contribution in [2.75, 3.05) is 5.32 Å². The first kappa shape index (κ1) is 20.9. The average Bonchev–Trinajstić information content (AvgIpc) is 3.20. The van der Waals surface area contributed by atoms with Gasteiger partial charge in [-0.25, -0.2) is 9.78 Å². The van der Waals surface area contributed by atoms with Crippen LogP contribution in [0.3, 0.4) is 0 Å². The van der Waals surface area contributed by atoms with E-state index in [0.717, 1.165) is 35.2 Å². The molecular weight excluding hydrogens is 418 g/mol. The number of benzene rings is 3. The topological polar surface area (TPSA) is 104 Å². The number of carboxylic acid groups (broad SMARTS) is 1. The molecule has 3 aromatic carbocycles. The summed E-state index contributed by atoms with van der Waals surface area (Å²) in [6.45, 7) is 0.682. The third-order valence-electron chi connectivity index (χ3n) is 5.92. The van der Waals surface area contributed by atoms with Gasteiger partial charge >= 0.3 is 5.97 Å². The molecule has 5 rings (SSSR count). The molecule has 33 heavy (non-hydrogen) atoms. The molecule has 4 aromatic rings. The van der Waals surface area contributed by atoms with E-state index in [1.807, 2.05) is 42.5 Å². The van der Waals surface area contributed by atoms with Gasteiger partial charge in [-0.05, 0) is 65.9 Å². The van der Waals surface area contributed by atoms with Crippen LogP contribution in [0.15, 0.2) is 71.5 Å². The van der Waals surface area contributed by atoms with Gasteiger partial charge in [0, 0.05) is 5.69 Å². The maximum absolute atomic E-state index is 12.8. The highest BCUT2D eigenvalue weighted by molar-refractivity contribution is 5.88. The Labute approximate surface area is 190 Å². The second-order valence-electron chi connectivity index (χ2n) is 8.18. The van der Waals surface area contributed by atoms with Crippen molar-refractivity contribution >= 4 is 22.6 Å². The molecule has 7 nitrogen and oxygen atoms in total. The van der Waals surface area contributed by atoms with Crippen LogP contribution >= 0.6 is 0 Å². The number of aromatic nitrogens is 2. The summed E-state index contributed by atoms with van der Waals surface area (Å²) in [4.78, 5) is 31.3. The van der Waals surface area contributed by atoms with Crippen molar-refractivity contribution in [3.63, 3.8) is 0 Å². The van der Waals surface area contributed by atoms with E-state index in [1.54, 1.807) is 24.3 Å². The fourth-order valence-corrected chi connectivity index (χ4v) is 4.26. The van der Waals surface area contributed by atoms with Crippen LogP contribution in [-0.4, -0.2) is 21.0 Å². The summed E-state index contributed by atoms with van der Waals surface area (Å²) in [7, 11) is 0. The van der Waals surface area contributed by atoms with Crippen LogP contribution in [0.1, 0.15) is 45.3 Å². The standard InChI is InChI=1S/C26H23N3O4/c30-25-21-13-20-18(8-11-22(20)27-19-9-6-17(7-10-19)26(31)32)12-23(21)28-24(29-25)15-33-14-16-4-2-1-3-5-16/h1-7,9-10,12-13,22,27H,8,11,14-15H2,(H,31,32)(H,28,29,30). The Morgan fingerprint density at radius 2 is 1.88 bits per heavy atom. The number of H-pyrrole nitrogens is 1. The van der Waals surface area contributed by atoms with Crippen molar-refractivity contribution in [2.24, 2.45) is 0 Å². The Bertz CT molecular complexity index is 1360. The van der Waals surface area contributed by atoms with Crippen LogP contribution < -0.4 is 10.9 Å². The van der Waals surface area contributed by atoms with Gasteiger partial charge in [0.25, 0.3) is 5.56 Å². The monoisotopic (exact) mass is 441 g/mol. The number of hydrogen-bond acceptors (Lipinski definition) is 5. The third kappa shape index (κ3) is 4.49. The number of anilines is 1. The maximum Gasteiger partial charge on any atom is 0.335 e. The van der Waals surface area contributed by atoms with Gasteiger partial charge in [0.05, 0.1) is 29.1 Å². The van der Waals surface area contributed by atoms with E-state index in [2.05, 4.69) is 15.3 Å². The SMILES string of the molecule is O=C(O)c1ccc(NC2CCc3cc4nc(COCc5ccccc5)[nH]c(=O)c4cc32)cc1. The number of aromatic carboxylic acids is 1. The molecule has 0 aliphatic heterocycles. The Morgan fingerprint density at radius 1 is 1.09 bits per heavy atom. The fraction of sp³-hybridized carbons (Fsp3) is 0.192. The van der Waals surface area contributed by atoms with Gasteiger partial charge in [0.2, 0.25) is 0 Å². The van der Waals surface area contributed by atoms with Crippen molar-refractivity contribution < 1.29 is 14.6 Å². The first-order chi connectivity index (χ1) is 16.1. The normalized spacial score (nSPS) is 14.8. The van der Waals surface area contributed by atoms with Crippen LogP contribution in [0, 0.1) is 0 Å². The molecule has 1 unspecified atom stereocenters. The lowest BCUT2D eigenvalue weighted by atomic mass is 10.0. The average molecular weight is 441 g/mol. The Balaban J connectivity index is 1.34. The van der Waals surface area contributed by atoms with Crippen molar-refractivity contribution in [1.82, 2.24) is 9.97 Å². The van der Waals surface area contributed by atoms with E-state index in [9.17, 15) is 9.59 Å². The van der Waals surface area contributed by atoms with Gasteiger partial charge in [0.1, 0.15) is 12.4 Å². The summed E-state index contributed by atoms with van der Waals surface area (Å²) < 4.78 is 5.73. The maximum atomic E-state index is 12.8. The summed E-state index contributed by atoms with van der Waals surface area (Å²) in [5.41, 5.74) is 4.88. The first-order valence-corrected chi connectivity index (χ1v) is 10.8. The molecule has 0 saturated carbocycles. The van der Waals surface area contributed by atoms with Crippen LogP contribution in [0.4, 0.5) is 5.69 Å². The number of aryl methyl sites for hydroxylation is 1. The molecule has 0 radical (unpaired) electrons. The predicted octanol–water partition coefficient (Wildman–Crippen LogP) is 4.44. The molecular formula is C26H23N3O4. The summed E-state index contributed by atoms with van der Waals surface area (Å²) >= 11 is 0. The number of nitrogens with zero attached hydrogens (tertiary/aromatic N) is 1. The number of fused-ring (bicyclic) bond motifs is 2. The predicted molar refractivity (Wildman–Crippen MR) is 125 cm³/mol. The van der Waals surface area contributed by atoms with E-state index < -0.39 is 5.97 Å². The second-order valence-corrected chi connectivity index (χ2v) is 8.18. The zero-order valence-electron chi connectivity index (χ0n) is 17.9. The molecule has 3 N–H and O–H groups in total. The van der Waals surface area contributed by atoms with Crippen LogP contribution in [0.5, 0.6) is 0 Å². The molecule has 1 aromatic heterocycles. The molecule has 1 atom stereocenters. The highest BCUT2D eigenvalue weighted by atomic mass is 16.5. The molecule has 0 amide bonds. The Hall–Kier alpha value is -3.97. The fourth-order valence-electron chi connectivity index (χ4n) is 4.26. The van der Waals surface area contributed by atoms with E-state index >= 15 is 0 Å². The largest absolute Gasteiger partial charge is 0.478 e. The van der Waals surface area contributed by atoms with E-state index in [0.29, 0.717) is 23.3 Å². The van der Waals surface area contributed by atoms with Crippen molar-refractivity contribution in [3.8, 4) is 0 Å². The molecule has 0 saturated heterocycles. The number of hydrogen-bond donors (Lipinski definition) is 3. The van der Waals surface area contributed by atoms with Crippen LogP contribution in [0.25, 0.3) is 10.9 Å². The lowest BCUT2D eigenvalue weighted by Gasteiger charge is -2.16. The summed E-state index contributed by atoms with van der Waals surface area (Å²) in [5.74, 6) is -0.439. The lowest BCUT2D eigenvalue weighted by molar-refractivity contribution is 0.0697. The highest BCUT2D eigenvalue weighted by Crippen LogP contribution is 2.35. The second kappa shape index (κ2) is 8.88. The van der Waals surface area contributed by atoms with Gasteiger partial charge in [-0.3, -0.25) is 4.79 Å². The van der Waals surface area contributed by atoms with Gasteiger partial charge in [-0.1, -0.05) is 30.3 Å². The minimum atomic E-state index is -0.948. The number of nitrogens with one attached hydrogen (secondary N) is 2. The molecule has 0 spiro atoms. The number of carbonyl (C=O) groups is 1. The molecule has 0 bridgehead atoms. The molecule has 1 heterocycles. The van der Waals surface area contributed by atoms with Gasteiger partial charge < -0.3 is 20.1 Å². The lowest BCUT2D eigenvalue weighted by Crippen LogP contribution is -2.14. The summed E-state index contributed by atoms with van der Waals surface area (Å²) in [6, 6.07) is 20.5. The molecule has 0 fully saturated rings.